The molecule has 42 heavy (non-hydrogen) atoms. The molecule has 2 N–H and O–H groups in total. The lowest BCUT2D eigenvalue weighted by Crippen LogP contribution is -2.49. The summed E-state index contributed by atoms with van der Waals surface area (Å²) in [5, 5.41) is 7.17. The Balaban J connectivity index is 1.44. The van der Waals surface area contributed by atoms with Crippen molar-refractivity contribution in [3.8, 4) is 0 Å². The van der Waals surface area contributed by atoms with Crippen molar-refractivity contribution in [3.63, 3.8) is 0 Å². The molecule has 5 rings (SSSR count). The van der Waals surface area contributed by atoms with Crippen molar-refractivity contribution in [2.45, 2.75) is 78.6 Å². The maximum Gasteiger partial charge on any atom is 0.253 e. The molecular weight excluding hydrogens is 576 g/mol. The predicted octanol–water partition coefficient (Wildman–Crippen LogP) is 6.60. The fourth-order valence-electron chi connectivity index (χ4n) is 5.71. The molecule has 7 nitrogen and oxygen atoms in total. The summed E-state index contributed by atoms with van der Waals surface area (Å²) >= 11 is 13.4. The number of aryl methyl sites for hydroxylation is 1. The van der Waals surface area contributed by atoms with E-state index in [1.807, 2.05) is 55.5 Å². The minimum atomic E-state index is -0.900. The molecule has 3 aromatic rings. The van der Waals surface area contributed by atoms with Gasteiger partial charge in [0.15, 0.2) is 0 Å². The monoisotopic (exact) mass is 615 g/mol. The van der Waals surface area contributed by atoms with Gasteiger partial charge in [-0.3, -0.25) is 9.59 Å². The molecule has 2 amide bonds. The van der Waals surface area contributed by atoms with Gasteiger partial charge in [-0.05, 0) is 60.9 Å². The summed E-state index contributed by atoms with van der Waals surface area (Å²) in [7, 11) is 1.92. The summed E-state index contributed by atoms with van der Waals surface area (Å²) in [4.78, 5) is 32.7. The lowest BCUT2D eigenvalue weighted by atomic mass is 9.87. The number of nitrogens with zero attached hydrogens (tertiary/aromatic N) is 3. The van der Waals surface area contributed by atoms with Gasteiger partial charge in [0.25, 0.3) is 5.91 Å². The first-order valence-corrected chi connectivity index (χ1v) is 15.5. The zero-order chi connectivity index (χ0) is 30.3. The SMILES string of the molecule is CC1CCC(NC(=O)c2cc3nc(Cc4c(Cl)ccc(CNC(=O)C(C)(C)C)c4Cl)n(C)c3cc2N2CC(F)C2)CC1. The van der Waals surface area contributed by atoms with E-state index in [0.717, 1.165) is 48.3 Å². The standard InChI is InChI=1S/C32H40Cl2FN5O2/c1-18-6-9-21(10-7-18)37-30(41)23-12-25-27(14-26(23)40-16-20(35)17-40)39(5)28(38-25)13-22-24(33)11-8-19(29(22)34)15-36-31(42)32(2,3)4/h8,11-12,14,18,20-21H,6-7,9-10,13,15-17H2,1-5H3,(H,36,42)(H,37,41). The number of aromatic nitrogens is 2. The molecule has 0 unspecified atom stereocenters. The number of nitrogens with one attached hydrogen (secondary N) is 2. The van der Waals surface area contributed by atoms with Crippen LogP contribution in [0.1, 0.15) is 80.7 Å². The Hall–Kier alpha value is -2.84. The summed E-state index contributed by atoms with van der Waals surface area (Å²) < 4.78 is 15.9. The Kier molecular flexibility index (Phi) is 8.77. The minimum absolute atomic E-state index is 0.0691. The van der Waals surface area contributed by atoms with Gasteiger partial charge < -0.3 is 20.1 Å². The Morgan fingerprint density at radius 1 is 1.10 bits per heavy atom. The van der Waals surface area contributed by atoms with E-state index in [1.165, 1.54) is 0 Å². The molecule has 0 bridgehead atoms. The number of fused-ring (bicyclic) bond motifs is 1. The van der Waals surface area contributed by atoms with Crippen molar-refractivity contribution in [2.75, 3.05) is 18.0 Å². The van der Waals surface area contributed by atoms with Crippen molar-refractivity contribution >= 4 is 51.7 Å². The average Bonchev–Trinajstić information content (AvgIpc) is 3.22. The zero-order valence-electron chi connectivity index (χ0n) is 25.0. The topological polar surface area (TPSA) is 79.3 Å². The normalized spacial score (nSPS) is 19.6. The van der Waals surface area contributed by atoms with Gasteiger partial charge >= 0.3 is 0 Å². The Morgan fingerprint density at radius 3 is 2.43 bits per heavy atom. The van der Waals surface area contributed by atoms with Crippen LogP contribution in [-0.4, -0.2) is 46.7 Å². The van der Waals surface area contributed by atoms with E-state index in [9.17, 15) is 14.0 Å². The summed E-state index contributed by atoms with van der Waals surface area (Å²) in [6, 6.07) is 7.51. The molecule has 0 radical (unpaired) electrons. The van der Waals surface area contributed by atoms with Crippen molar-refractivity contribution in [2.24, 2.45) is 18.4 Å². The molecule has 2 aromatic carbocycles. The number of hydrogen-bond donors (Lipinski definition) is 2. The van der Waals surface area contributed by atoms with Crippen LogP contribution in [0.15, 0.2) is 24.3 Å². The smallest absolute Gasteiger partial charge is 0.253 e. The van der Waals surface area contributed by atoms with E-state index >= 15 is 0 Å². The molecule has 1 saturated heterocycles. The molecule has 2 aliphatic rings. The quantitative estimate of drug-likeness (QED) is 0.314. The molecule has 0 atom stereocenters. The Bertz CT molecular complexity index is 1500. The van der Waals surface area contributed by atoms with Crippen LogP contribution >= 0.6 is 23.2 Å². The van der Waals surface area contributed by atoms with E-state index in [-0.39, 0.29) is 37.5 Å². The van der Waals surface area contributed by atoms with Crippen molar-refractivity contribution in [1.82, 2.24) is 20.2 Å². The molecule has 2 heterocycles. The third-order valence-corrected chi connectivity index (χ3v) is 9.41. The lowest BCUT2D eigenvalue weighted by Gasteiger charge is -2.37. The summed E-state index contributed by atoms with van der Waals surface area (Å²) in [5.41, 5.74) is 3.73. The number of alkyl halides is 1. The highest BCUT2D eigenvalue weighted by atomic mass is 35.5. The predicted molar refractivity (Wildman–Crippen MR) is 167 cm³/mol. The second kappa shape index (κ2) is 12.0. The summed E-state index contributed by atoms with van der Waals surface area (Å²) in [5.74, 6) is 1.20. The highest BCUT2D eigenvalue weighted by Crippen LogP contribution is 2.34. The van der Waals surface area contributed by atoms with E-state index in [1.54, 1.807) is 6.07 Å². The first kappa shape index (κ1) is 30.6. The van der Waals surface area contributed by atoms with Crippen LogP contribution in [0, 0.1) is 11.3 Å². The Labute approximate surface area is 257 Å². The van der Waals surface area contributed by atoms with Gasteiger partial charge in [0, 0.05) is 36.5 Å². The van der Waals surface area contributed by atoms with Gasteiger partial charge in [-0.2, -0.15) is 0 Å². The van der Waals surface area contributed by atoms with Gasteiger partial charge in [0.2, 0.25) is 5.91 Å². The lowest BCUT2D eigenvalue weighted by molar-refractivity contribution is -0.128. The highest BCUT2D eigenvalue weighted by molar-refractivity contribution is 6.36. The van der Waals surface area contributed by atoms with E-state index in [4.69, 9.17) is 28.2 Å². The van der Waals surface area contributed by atoms with Crippen molar-refractivity contribution in [3.05, 3.63) is 56.8 Å². The molecular formula is C32H40Cl2FN5O2. The molecule has 1 aliphatic heterocycles. The summed E-state index contributed by atoms with van der Waals surface area (Å²) in [6.07, 6.45) is 3.60. The van der Waals surface area contributed by atoms with E-state index < -0.39 is 11.6 Å². The second-order valence-electron chi connectivity index (χ2n) is 13.0. The van der Waals surface area contributed by atoms with Gasteiger partial charge in [-0.15, -0.1) is 0 Å². The van der Waals surface area contributed by atoms with Crippen molar-refractivity contribution in [1.29, 1.82) is 0 Å². The number of carbonyl (C=O) groups excluding carboxylic acids is 2. The highest BCUT2D eigenvalue weighted by Gasteiger charge is 2.31. The molecule has 0 spiro atoms. The number of halogens is 3. The van der Waals surface area contributed by atoms with Crippen LogP contribution in [-0.2, 0) is 24.8 Å². The van der Waals surface area contributed by atoms with Gasteiger partial charge in [-0.1, -0.05) is 57.0 Å². The van der Waals surface area contributed by atoms with Crippen LogP contribution < -0.4 is 15.5 Å². The van der Waals surface area contributed by atoms with Crippen LogP contribution in [0.3, 0.4) is 0 Å². The summed E-state index contributed by atoms with van der Waals surface area (Å²) in [6.45, 7) is 8.64. The third-order valence-electron chi connectivity index (χ3n) is 8.59. The zero-order valence-corrected chi connectivity index (χ0v) is 26.5. The second-order valence-corrected chi connectivity index (χ2v) is 13.8. The third kappa shape index (κ3) is 6.40. The fraction of sp³-hybridized carbons (Fsp3) is 0.531. The maximum atomic E-state index is 13.9. The van der Waals surface area contributed by atoms with Crippen LogP contribution in [0.5, 0.6) is 0 Å². The number of amides is 2. The van der Waals surface area contributed by atoms with Crippen LogP contribution in [0.4, 0.5) is 10.1 Å². The number of hydrogen-bond acceptors (Lipinski definition) is 4. The van der Waals surface area contributed by atoms with Gasteiger partial charge in [-0.25, -0.2) is 9.37 Å². The Morgan fingerprint density at radius 2 is 1.79 bits per heavy atom. The molecule has 1 saturated carbocycles. The number of imidazole rings is 1. The van der Waals surface area contributed by atoms with Gasteiger partial charge in [0.1, 0.15) is 12.0 Å². The molecule has 1 aromatic heterocycles. The van der Waals surface area contributed by atoms with Crippen LogP contribution in [0.2, 0.25) is 10.0 Å². The molecule has 2 fully saturated rings. The number of benzene rings is 2. The van der Waals surface area contributed by atoms with Crippen LogP contribution in [0.25, 0.3) is 11.0 Å². The van der Waals surface area contributed by atoms with Gasteiger partial charge in [0.05, 0.1) is 40.4 Å². The molecule has 1 aliphatic carbocycles. The molecule has 10 heteroatoms. The molecule has 226 valence electrons. The maximum absolute atomic E-state index is 13.9. The van der Waals surface area contributed by atoms with E-state index in [2.05, 4.69) is 17.6 Å². The average molecular weight is 617 g/mol. The largest absolute Gasteiger partial charge is 0.365 e. The number of carbonyl (C=O) groups is 2. The van der Waals surface area contributed by atoms with E-state index in [0.29, 0.717) is 39.0 Å². The first-order chi connectivity index (χ1) is 19.8. The first-order valence-electron chi connectivity index (χ1n) is 14.7. The fourth-order valence-corrected chi connectivity index (χ4v) is 6.28. The van der Waals surface area contributed by atoms with Crippen molar-refractivity contribution < 1.29 is 14.0 Å². The minimum Gasteiger partial charge on any atom is -0.365 e. The number of rotatable bonds is 7. The number of anilines is 1.